The number of benzene rings is 1. The number of hydrogen-bond acceptors (Lipinski definition) is 13. The quantitative estimate of drug-likeness (QED) is 0.0839. The average Bonchev–Trinajstić information content (AvgIpc) is 4.18. The topological polar surface area (TPSA) is 221 Å². The number of carboxylic acids is 2. The fourth-order valence-corrected chi connectivity index (χ4v) is 10.4. The summed E-state index contributed by atoms with van der Waals surface area (Å²) in [4.78, 5) is 59.1. The Morgan fingerprint density at radius 2 is 1.39 bits per heavy atom. The number of nitrogens with zero attached hydrogens (tertiary/aromatic N) is 6. The van der Waals surface area contributed by atoms with Crippen LogP contribution in [0.3, 0.4) is 0 Å². The van der Waals surface area contributed by atoms with E-state index in [1.54, 1.807) is 47.6 Å². The molecule has 372 valence electrons. The van der Waals surface area contributed by atoms with Crippen molar-refractivity contribution in [3.63, 3.8) is 0 Å². The van der Waals surface area contributed by atoms with Crippen LogP contribution in [0.4, 0.5) is 19.8 Å². The van der Waals surface area contributed by atoms with E-state index in [-0.39, 0.29) is 49.6 Å². The summed E-state index contributed by atoms with van der Waals surface area (Å²) in [5.74, 6) is -2.12. The molecule has 4 aliphatic carbocycles. The first-order chi connectivity index (χ1) is 33.2. The normalized spacial score (nSPS) is 20.9. The number of halogens is 1. The van der Waals surface area contributed by atoms with Gasteiger partial charge in [0.05, 0.1) is 64.6 Å². The van der Waals surface area contributed by atoms with Crippen molar-refractivity contribution in [2.75, 3.05) is 19.0 Å². The Balaban J connectivity index is 0.994. The largest absolute Gasteiger partial charge is 0.489 e. The van der Waals surface area contributed by atoms with Gasteiger partial charge in [-0.15, -0.1) is 0 Å². The van der Waals surface area contributed by atoms with Gasteiger partial charge in [-0.1, -0.05) is 30.8 Å². The number of nitrogens with one attached hydrogen (secondary N) is 1. The maximum Gasteiger partial charge on any atom is 0.411 e. The molecular weight excluding hydrogens is 894 g/mol. The van der Waals surface area contributed by atoms with Crippen molar-refractivity contribution in [1.82, 2.24) is 29.7 Å². The SMILES string of the molecule is Cc1nc(-c2c(NCN(C(=O)OCc3c(C)noc3-c3ccc(O[C@H]4CCC[C@H](C(=O)O)C4)c(F)c3)C3CCCC3)nn(C)c2COC(=O)N(C)C2CCCC2)ccc1O[C@H]1CCC[C@H](C(=O)O)C1. The summed E-state index contributed by atoms with van der Waals surface area (Å²) < 4.78 is 47.0. The zero-order valence-corrected chi connectivity index (χ0v) is 39.9. The fraction of sp³-hybridized carbons (Fsp3) is 0.580. The summed E-state index contributed by atoms with van der Waals surface area (Å²) in [5.41, 5.74) is 3.57. The molecule has 4 aliphatic rings. The lowest BCUT2D eigenvalue weighted by Gasteiger charge is -2.28. The first-order valence-electron chi connectivity index (χ1n) is 24.4. The minimum Gasteiger partial charge on any atom is -0.489 e. The van der Waals surface area contributed by atoms with Gasteiger partial charge in [-0.3, -0.25) is 19.2 Å². The van der Waals surface area contributed by atoms with E-state index in [2.05, 4.69) is 10.5 Å². The van der Waals surface area contributed by atoms with Crippen LogP contribution in [-0.2, 0) is 39.3 Å². The van der Waals surface area contributed by atoms with Gasteiger partial charge in [0.15, 0.2) is 23.1 Å². The monoisotopic (exact) mass is 957 g/mol. The number of pyridine rings is 1. The summed E-state index contributed by atoms with van der Waals surface area (Å²) >= 11 is 0. The van der Waals surface area contributed by atoms with E-state index in [1.807, 2.05) is 13.0 Å². The average molecular weight is 958 g/mol. The molecule has 4 atom stereocenters. The Labute approximate surface area is 400 Å². The Bertz CT molecular complexity index is 2480. The number of aromatic nitrogens is 4. The summed E-state index contributed by atoms with van der Waals surface area (Å²) in [6, 6.07) is 7.99. The minimum absolute atomic E-state index is 0.0127. The third-order valence-corrected chi connectivity index (χ3v) is 14.4. The van der Waals surface area contributed by atoms with Crippen molar-refractivity contribution < 1.29 is 57.3 Å². The van der Waals surface area contributed by atoms with E-state index in [0.717, 1.165) is 64.2 Å². The smallest absolute Gasteiger partial charge is 0.411 e. The molecule has 0 radical (unpaired) electrons. The van der Waals surface area contributed by atoms with E-state index in [9.17, 15) is 29.4 Å². The molecular formula is C50H64FN7O11. The Kier molecular flexibility index (Phi) is 15.6. The second-order valence-electron chi connectivity index (χ2n) is 19.1. The van der Waals surface area contributed by atoms with Crippen LogP contribution >= 0.6 is 0 Å². The van der Waals surface area contributed by atoms with Crippen LogP contribution in [0.2, 0.25) is 0 Å². The van der Waals surface area contributed by atoms with Crippen LogP contribution in [-0.4, -0.2) is 102 Å². The van der Waals surface area contributed by atoms with Crippen LogP contribution in [0.15, 0.2) is 34.9 Å². The third kappa shape index (κ3) is 11.6. The highest BCUT2D eigenvalue weighted by molar-refractivity contribution is 5.77. The van der Waals surface area contributed by atoms with Gasteiger partial charge in [-0.2, -0.15) is 5.10 Å². The summed E-state index contributed by atoms with van der Waals surface area (Å²) in [6.45, 7) is 3.25. The zero-order valence-electron chi connectivity index (χ0n) is 39.9. The molecule has 3 aromatic heterocycles. The standard InChI is InChI=1S/C50H64FN7O11/c1-29-38(45(69-55-29)31-19-21-43(39(51)25-31)68-37-18-10-12-33(24-37)48(61)62)26-65-50(64)58(35-15-7-8-16-35)28-52-46-44(41(57(4)54-46)27-66-49(63)56(3)34-13-5-6-14-34)40-20-22-42(30(2)53-40)67-36-17-9-11-32(23-36)47(59)60/h19-22,25,32-37H,5-18,23-24,26-28H2,1-4H3,(H,52,54)(H,59,60)(H,61,62)/t32-,33-,36-,37-/m0/s1. The van der Waals surface area contributed by atoms with Crippen LogP contribution in [0, 0.1) is 31.5 Å². The van der Waals surface area contributed by atoms with Gasteiger partial charge in [-0.05, 0) is 121 Å². The van der Waals surface area contributed by atoms with Gasteiger partial charge in [0.1, 0.15) is 19.0 Å². The fourth-order valence-electron chi connectivity index (χ4n) is 10.4. The van der Waals surface area contributed by atoms with E-state index in [4.69, 9.17) is 33.6 Å². The van der Waals surface area contributed by atoms with Crippen molar-refractivity contribution in [2.45, 2.75) is 154 Å². The van der Waals surface area contributed by atoms with Crippen LogP contribution in [0.25, 0.3) is 22.6 Å². The molecule has 69 heavy (non-hydrogen) atoms. The van der Waals surface area contributed by atoms with Gasteiger partial charge in [0, 0.05) is 31.7 Å². The minimum atomic E-state index is -0.877. The molecule has 0 aliphatic heterocycles. The highest BCUT2D eigenvalue weighted by Gasteiger charge is 2.33. The highest BCUT2D eigenvalue weighted by Crippen LogP contribution is 2.37. The number of carbonyl (C=O) groups excluding carboxylic acids is 2. The van der Waals surface area contributed by atoms with E-state index in [1.165, 1.54) is 12.1 Å². The molecule has 3 N–H and O–H groups in total. The van der Waals surface area contributed by atoms with Crippen molar-refractivity contribution >= 4 is 29.9 Å². The van der Waals surface area contributed by atoms with Gasteiger partial charge in [-0.25, -0.2) is 19.0 Å². The number of anilines is 1. The predicted molar refractivity (Wildman–Crippen MR) is 249 cm³/mol. The van der Waals surface area contributed by atoms with Crippen molar-refractivity contribution in [3.05, 3.63) is 58.8 Å². The summed E-state index contributed by atoms with van der Waals surface area (Å²) in [5, 5.41) is 31.5. The number of carboxylic acid groups (broad SMARTS) is 2. The zero-order chi connectivity index (χ0) is 48.8. The van der Waals surface area contributed by atoms with Gasteiger partial charge in [0.2, 0.25) is 0 Å². The number of aliphatic carboxylic acids is 2. The van der Waals surface area contributed by atoms with Gasteiger partial charge in [0.25, 0.3) is 0 Å². The molecule has 4 aromatic rings. The molecule has 2 amide bonds. The first-order valence-corrected chi connectivity index (χ1v) is 24.4. The van der Waals surface area contributed by atoms with E-state index < -0.39 is 47.9 Å². The molecule has 18 nitrogen and oxygen atoms in total. The third-order valence-electron chi connectivity index (χ3n) is 14.4. The predicted octanol–water partition coefficient (Wildman–Crippen LogP) is 9.40. The maximum atomic E-state index is 15.5. The molecule has 0 bridgehead atoms. The van der Waals surface area contributed by atoms with Gasteiger partial charge < -0.3 is 43.9 Å². The second kappa shape index (κ2) is 21.9. The summed E-state index contributed by atoms with van der Waals surface area (Å²) in [6.07, 6.45) is 10.4. The van der Waals surface area contributed by atoms with Crippen LogP contribution in [0.1, 0.15) is 125 Å². The lowest BCUT2D eigenvalue weighted by Crippen LogP contribution is -2.42. The lowest BCUT2D eigenvalue weighted by molar-refractivity contribution is -0.144. The van der Waals surface area contributed by atoms with Crippen molar-refractivity contribution in [3.8, 4) is 34.1 Å². The second-order valence-corrected chi connectivity index (χ2v) is 19.1. The number of carbonyl (C=O) groups is 4. The van der Waals surface area contributed by atoms with Crippen molar-refractivity contribution in [1.29, 1.82) is 0 Å². The summed E-state index contributed by atoms with van der Waals surface area (Å²) in [7, 11) is 3.52. The van der Waals surface area contributed by atoms with E-state index >= 15 is 4.39 Å². The van der Waals surface area contributed by atoms with Crippen LogP contribution in [0.5, 0.6) is 11.5 Å². The highest BCUT2D eigenvalue weighted by atomic mass is 19.1. The van der Waals surface area contributed by atoms with Gasteiger partial charge >= 0.3 is 24.1 Å². The molecule has 0 saturated heterocycles. The number of amides is 2. The first kappa shape index (κ1) is 49.0. The molecule has 0 spiro atoms. The molecule has 4 saturated carbocycles. The molecule has 1 aromatic carbocycles. The molecule has 0 unspecified atom stereocenters. The molecule has 8 rings (SSSR count). The lowest BCUT2D eigenvalue weighted by atomic mass is 9.87. The Morgan fingerprint density at radius 3 is 2.01 bits per heavy atom. The Hall–Kier alpha value is -6.40. The Morgan fingerprint density at radius 1 is 0.783 bits per heavy atom. The maximum absolute atomic E-state index is 15.5. The van der Waals surface area contributed by atoms with Crippen LogP contribution < -0.4 is 14.8 Å². The number of rotatable bonds is 17. The van der Waals surface area contributed by atoms with E-state index in [0.29, 0.717) is 89.6 Å². The molecule has 19 heteroatoms. The van der Waals surface area contributed by atoms with Crippen molar-refractivity contribution in [2.24, 2.45) is 18.9 Å². The number of hydrogen-bond donors (Lipinski definition) is 3. The number of ether oxygens (including phenoxy) is 4. The number of aryl methyl sites for hydroxylation is 3. The molecule has 4 fully saturated rings. The molecule has 3 heterocycles.